The molecule has 0 radical (unpaired) electrons. The third-order valence-electron chi connectivity index (χ3n) is 4.74. The first-order valence-corrected chi connectivity index (χ1v) is 12.4. The van der Waals surface area contributed by atoms with Gasteiger partial charge in [-0.15, -0.1) is 0 Å². The zero-order valence-electron chi connectivity index (χ0n) is 16.2. The van der Waals surface area contributed by atoms with Crippen LogP contribution < -0.4 is 0 Å². The predicted octanol–water partition coefficient (Wildman–Crippen LogP) is 5.31. The molecule has 0 N–H and O–H groups in total. The maximum atomic E-state index is 12.2. The van der Waals surface area contributed by atoms with Gasteiger partial charge in [0, 0.05) is 0 Å². The summed E-state index contributed by atoms with van der Waals surface area (Å²) < 4.78 is 13.9. The summed E-state index contributed by atoms with van der Waals surface area (Å²) in [5.41, 5.74) is 1.38. The van der Waals surface area contributed by atoms with Crippen molar-refractivity contribution >= 4 is 37.0 Å². The number of halogens is 1. The Morgan fingerprint density at radius 2 is 1.83 bits per heavy atom. The number of rotatable bonds is 6. The van der Waals surface area contributed by atoms with Crippen molar-refractivity contribution in [2.24, 2.45) is 0 Å². The van der Waals surface area contributed by atoms with Crippen molar-refractivity contribution in [1.29, 1.82) is 0 Å². The van der Waals surface area contributed by atoms with E-state index in [0.29, 0.717) is 21.5 Å². The molecule has 0 fully saturated rings. The van der Waals surface area contributed by atoms with Gasteiger partial charge in [-0.3, -0.25) is 0 Å². The fourth-order valence-electron chi connectivity index (χ4n) is 3.37. The Labute approximate surface area is 160 Å². The minimum atomic E-state index is -2.18. The number of nitrogens with zero attached hydrogens (tertiary/aromatic N) is 2. The Hall–Kier alpha value is -0.413. The van der Waals surface area contributed by atoms with Crippen molar-refractivity contribution < 1.29 is 14.0 Å². The number of hydrogen-bond donors (Lipinski definition) is 0. The van der Waals surface area contributed by atoms with E-state index in [1.165, 1.54) is 4.57 Å². The van der Waals surface area contributed by atoms with Crippen LogP contribution in [0.25, 0.3) is 0 Å². The molecule has 0 atom stereocenters. The summed E-state index contributed by atoms with van der Waals surface area (Å²) >= 11 is 2.05. The minimum absolute atomic E-state index is 0.403. The molecule has 0 spiro atoms. The SMILES string of the molecule is CC[SiH-](OCc1cn(C(=O)OC(C)(C)C)c(I)n1)(C(C)C)C(C)C. The number of imidazole rings is 1. The molecule has 5 nitrogen and oxygen atoms in total. The van der Waals surface area contributed by atoms with Gasteiger partial charge in [-0.05, 0) is 0 Å². The summed E-state index contributed by atoms with van der Waals surface area (Å²) in [7, 11) is -2.18. The van der Waals surface area contributed by atoms with E-state index in [0.717, 1.165) is 11.7 Å². The Kier molecular flexibility index (Phi) is 7.49. The van der Waals surface area contributed by atoms with Gasteiger partial charge < -0.3 is 0 Å². The van der Waals surface area contributed by atoms with Crippen LogP contribution in [0.5, 0.6) is 0 Å². The van der Waals surface area contributed by atoms with E-state index >= 15 is 0 Å². The molecule has 0 aliphatic heterocycles. The van der Waals surface area contributed by atoms with Crippen LogP contribution in [0.2, 0.25) is 17.1 Å². The zero-order chi connectivity index (χ0) is 18.7. The maximum absolute atomic E-state index is 12.2. The van der Waals surface area contributed by atoms with Crippen LogP contribution in [-0.2, 0) is 15.8 Å². The van der Waals surface area contributed by atoms with Crippen LogP contribution in [0.1, 0.15) is 61.1 Å². The zero-order valence-corrected chi connectivity index (χ0v) is 19.5. The molecule has 0 bridgehead atoms. The van der Waals surface area contributed by atoms with Gasteiger partial charge in [0.15, 0.2) is 0 Å². The van der Waals surface area contributed by atoms with Gasteiger partial charge in [-0.25, -0.2) is 0 Å². The molecule has 1 heterocycles. The van der Waals surface area contributed by atoms with Gasteiger partial charge in [0.1, 0.15) is 0 Å². The molecule has 140 valence electrons. The second-order valence-electron chi connectivity index (χ2n) is 8.16. The number of ether oxygens (including phenoxy) is 1. The number of carbonyl (C=O) groups is 1. The van der Waals surface area contributed by atoms with Crippen molar-refractivity contribution in [3.05, 3.63) is 15.7 Å². The molecule has 0 saturated heterocycles. The molecule has 1 aromatic rings. The molecule has 24 heavy (non-hydrogen) atoms. The summed E-state index contributed by atoms with van der Waals surface area (Å²) in [4.78, 5) is 16.7. The Bertz CT molecular complexity index is 557. The van der Waals surface area contributed by atoms with Crippen molar-refractivity contribution in [2.45, 2.75) is 84.7 Å². The van der Waals surface area contributed by atoms with Crippen molar-refractivity contribution in [3.63, 3.8) is 0 Å². The fourth-order valence-corrected chi connectivity index (χ4v) is 8.93. The van der Waals surface area contributed by atoms with Crippen LogP contribution >= 0.6 is 22.6 Å². The average Bonchev–Trinajstić information content (AvgIpc) is 2.78. The third kappa shape index (κ3) is 5.29. The summed E-state index contributed by atoms with van der Waals surface area (Å²) in [6.45, 7) is 17.3. The van der Waals surface area contributed by atoms with Crippen LogP contribution in [0.3, 0.4) is 0 Å². The molecule has 0 amide bonds. The molecule has 0 saturated carbocycles. The van der Waals surface area contributed by atoms with Crippen LogP contribution in [0.15, 0.2) is 6.20 Å². The van der Waals surface area contributed by atoms with Gasteiger partial charge in [-0.2, -0.15) is 0 Å². The first-order valence-electron chi connectivity index (χ1n) is 8.71. The number of aromatic nitrogens is 2. The molecule has 0 aliphatic rings. The van der Waals surface area contributed by atoms with E-state index < -0.39 is 20.0 Å². The number of carbonyl (C=O) groups excluding carboxylic acids is 1. The Balaban J connectivity index is 2.91. The van der Waals surface area contributed by atoms with Gasteiger partial charge in [0.2, 0.25) is 0 Å². The fraction of sp³-hybridized carbons (Fsp3) is 0.765. The molecule has 1 rings (SSSR count). The normalized spacial score (nSPS) is 13.6. The van der Waals surface area contributed by atoms with E-state index in [1.54, 1.807) is 6.20 Å². The Morgan fingerprint density at radius 1 is 1.29 bits per heavy atom. The predicted molar refractivity (Wildman–Crippen MR) is 109 cm³/mol. The van der Waals surface area contributed by atoms with Crippen molar-refractivity contribution in [1.82, 2.24) is 9.55 Å². The van der Waals surface area contributed by atoms with Gasteiger partial charge in [0.05, 0.1) is 0 Å². The number of hydrogen-bond acceptors (Lipinski definition) is 4. The topological polar surface area (TPSA) is 53.4 Å². The van der Waals surface area contributed by atoms with E-state index in [-0.39, 0.29) is 0 Å². The first kappa shape index (κ1) is 21.6. The molecular weight excluding hydrogens is 435 g/mol. The van der Waals surface area contributed by atoms with Crippen molar-refractivity contribution in [2.75, 3.05) is 0 Å². The first-order chi connectivity index (χ1) is 10.9. The molecule has 1 aromatic heterocycles. The molecule has 7 heteroatoms. The van der Waals surface area contributed by atoms with E-state index in [9.17, 15) is 4.79 Å². The van der Waals surface area contributed by atoms with E-state index in [2.05, 4.69) is 62.2 Å². The third-order valence-corrected chi connectivity index (χ3v) is 12.1. The molecular formula is C17H32IN2O3Si-. The Morgan fingerprint density at radius 3 is 2.25 bits per heavy atom. The monoisotopic (exact) mass is 467 g/mol. The van der Waals surface area contributed by atoms with Crippen LogP contribution in [0.4, 0.5) is 4.79 Å². The summed E-state index contributed by atoms with van der Waals surface area (Å²) in [6, 6.07) is 1.10. The molecule has 0 aliphatic carbocycles. The van der Waals surface area contributed by atoms with Gasteiger partial charge in [-0.1, -0.05) is 0 Å². The molecule has 0 aromatic carbocycles. The quantitative estimate of drug-likeness (QED) is 0.421. The van der Waals surface area contributed by atoms with Gasteiger partial charge >= 0.3 is 161 Å². The molecule has 0 unspecified atom stereocenters. The van der Waals surface area contributed by atoms with E-state index in [4.69, 9.17) is 9.16 Å². The van der Waals surface area contributed by atoms with E-state index in [1.807, 2.05) is 20.8 Å². The van der Waals surface area contributed by atoms with Crippen LogP contribution in [-0.4, -0.2) is 29.6 Å². The van der Waals surface area contributed by atoms with Gasteiger partial charge in [0.25, 0.3) is 0 Å². The summed E-state index contributed by atoms with van der Waals surface area (Å²) in [5.74, 6) is 0. The standard InChI is InChI=1S/C17H32IN2O3Si/c1-9-24(12(2)3,13(4)5)22-11-14-10-20(15(18)19-14)16(21)23-17(6,7)8/h10,12-13,24H,9,11H2,1-8H3/q-1. The second kappa shape index (κ2) is 8.31. The summed E-state index contributed by atoms with van der Waals surface area (Å²) in [6.07, 6.45) is 1.33. The summed E-state index contributed by atoms with van der Waals surface area (Å²) in [5, 5.41) is 0. The van der Waals surface area contributed by atoms with Crippen molar-refractivity contribution in [3.8, 4) is 0 Å². The average molecular weight is 467 g/mol. The second-order valence-corrected chi connectivity index (χ2v) is 15.1. The van der Waals surface area contributed by atoms with Crippen LogP contribution in [0, 0.1) is 3.83 Å².